The summed E-state index contributed by atoms with van der Waals surface area (Å²) in [4.78, 5) is 41.4. The molecule has 1 N–H and O–H groups in total. The van der Waals surface area contributed by atoms with Gasteiger partial charge in [0.05, 0.1) is 12.7 Å². The van der Waals surface area contributed by atoms with Crippen molar-refractivity contribution in [3.8, 4) is 56.4 Å². The SMILES string of the molecule is COC(=O)CCCC1(c2ccccc2)C23C4=Cc5ccc6cc7c8c9c(c%10c%11c8c(cc8ccc%12cc(c2c-%10c%12c8%11)C4)C7)C13c5c69.[Mg+2].[c-]1c2nc3[cH-]c(nc4[nH+]c(nc5[n-]c(nc1-c1ccccc1-2)c1ccccc51)-c1ccccc1-4)c1ccccc31. The quantitative estimate of drug-likeness (QED) is 0.0731. The first kappa shape index (κ1) is 47.4. The van der Waals surface area contributed by atoms with Crippen molar-refractivity contribution < 1.29 is 14.5 Å². The monoisotopic (exact) mass is 1120 g/mol. The molecular weight excluding hydrogens is 1080 g/mol. The molecule has 1 aliphatic heterocycles. The molecule has 8 nitrogen and oxygen atoms in total. The van der Waals surface area contributed by atoms with Gasteiger partial charge in [0.15, 0.2) is 0 Å². The standard InChI is InChI=1S/C44H26O2.C34H17N6.Mg/c1-46-29(45)8-5-13-42(27-6-3-2-4-7-27)43-28-18-23-12-11-22-15-25-17-24-14-20-9-10-21-16-26(19-28)40(43)37-31(21)30(20)35-32(24)33(25)36-34(22)39(23)44(42,43)41(36)38(35)37;1-3-11-21-19(9-1)27-17-29(21)36-31-23-13-5-7-15-25(23)33(38-31)40-34-26-16-8-6-14-24(26)32(39-34)37-30-18-28(35-27)20-10-2-4-12-22(20)30;/h2-4,6-7,9-12,14-16,18H,5,8,13,17,19H2,1H3;1-17H;/q;-3;+2/p+1. The van der Waals surface area contributed by atoms with Gasteiger partial charge < -0.3 is 24.7 Å². The molecule has 9 heteroatoms. The van der Waals surface area contributed by atoms with E-state index in [2.05, 4.69) is 126 Å². The van der Waals surface area contributed by atoms with Crippen molar-refractivity contribution in [2.45, 2.75) is 48.3 Å². The predicted molar refractivity (Wildman–Crippen MR) is 346 cm³/mol. The van der Waals surface area contributed by atoms with E-state index < -0.39 is 0 Å². The third-order valence-corrected chi connectivity index (χ3v) is 21.8. The van der Waals surface area contributed by atoms with Crippen LogP contribution in [0.3, 0.4) is 0 Å². The summed E-state index contributed by atoms with van der Waals surface area (Å²) in [6.07, 6.45) is 6.86. The van der Waals surface area contributed by atoms with E-state index in [1.165, 1.54) is 67.2 Å². The Morgan fingerprint density at radius 1 is 0.552 bits per heavy atom. The number of esters is 1. The van der Waals surface area contributed by atoms with Crippen molar-refractivity contribution in [2.75, 3.05) is 7.11 Å². The molecule has 0 radical (unpaired) electrons. The minimum Gasteiger partial charge on any atom is -0.469 e. The Hall–Kier alpha value is -9.80. The Kier molecular flexibility index (Phi) is 8.61. The Morgan fingerprint density at radius 3 is 1.87 bits per heavy atom. The molecule has 3 unspecified atom stereocenters. The summed E-state index contributed by atoms with van der Waals surface area (Å²) in [7, 11) is 1.53. The van der Waals surface area contributed by atoms with E-state index in [1.807, 2.05) is 66.7 Å². The zero-order valence-corrected chi connectivity index (χ0v) is 48.5. The van der Waals surface area contributed by atoms with Crippen LogP contribution in [-0.4, -0.2) is 56.1 Å². The molecule has 8 bridgehead atoms. The molecule has 12 aromatic carbocycles. The van der Waals surface area contributed by atoms with Crippen LogP contribution in [0.5, 0.6) is 0 Å². The van der Waals surface area contributed by atoms with Gasteiger partial charge in [-0.2, -0.15) is 5.56 Å². The number of rotatable bonds is 5. The van der Waals surface area contributed by atoms with E-state index in [4.69, 9.17) is 29.7 Å². The van der Waals surface area contributed by atoms with E-state index in [9.17, 15) is 4.79 Å². The average Bonchev–Trinajstić information content (AvgIpc) is 1.38. The number of fused-ring (bicyclic) bond motifs is 20. The molecule has 3 heterocycles. The minimum absolute atomic E-state index is 0. The molecule has 0 amide bonds. The van der Waals surface area contributed by atoms with Crippen LogP contribution < -0.4 is 9.97 Å². The Balaban J connectivity index is 0.000000120. The number of methoxy groups -OCH3 is 1. The number of benzene rings is 11. The molecule has 14 aromatic rings. The number of allylic oxidation sites excluding steroid dienone is 1. The van der Waals surface area contributed by atoms with Crippen LogP contribution in [0.15, 0.2) is 181 Å². The van der Waals surface area contributed by atoms with Gasteiger partial charge in [0, 0.05) is 45.0 Å². The number of nitrogens with zero attached hydrogens (tertiary/aromatic N) is 5. The number of ether oxygens (including phenoxy) is 1. The molecular formula is C78H44MgN6O2. The van der Waals surface area contributed by atoms with Crippen LogP contribution >= 0.6 is 0 Å². The average molecular weight is 1120 g/mol. The Labute approximate surface area is 512 Å². The van der Waals surface area contributed by atoms with Gasteiger partial charge in [-0.15, -0.1) is 63.4 Å². The predicted octanol–water partition coefficient (Wildman–Crippen LogP) is 15.8. The first-order valence-corrected chi connectivity index (χ1v) is 30.1. The molecule has 87 heavy (non-hydrogen) atoms. The fourth-order valence-corrected chi connectivity index (χ4v) is 19.2. The zero-order chi connectivity index (χ0) is 55.8. The number of aromatic amines is 1. The normalized spacial score (nSPS) is 19.3. The number of nitrogens with one attached hydrogen (secondary N) is 1. The minimum atomic E-state index is -0.184. The molecule has 3 atom stereocenters. The molecule has 1 fully saturated rings. The van der Waals surface area contributed by atoms with Gasteiger partial charge in [0.1, 0.15) is 5.82 Å². The fourth-order valence-electron chi connectivity index (χ4n) is 19.2. The molecule has 2 aromatic heterocycles. The topological polar surface area (TPSA) is 106 Å². The number of aromatic nitrogens is 6. The first-order chi connectivity index (χ1) is 42.5. The smallest absolute Gasteiger partial charge is 0.469 e. The van der Waals surface area contributed by atoms with E-state index in [1.54, 1.807) is 54.9 Å². The van der Waals surface area contributed by atoms with E-state index >= 15 is 0 Å². The molecule has 8 aliphatic carbocycles. The van der Waals surface area contributed by atoms with Crippen LogP contribution in [0.4, 0.5) is 0 Å². The van der Waals surface area contributed by atoms with Crippen LogP contribution in [0.25, 0.3) is 160 Å². The second-order valence-corrected chi connectivity index (χ2v) is 25.2. The summed E-state index contributed by atoms with van der Waals surface area (Å²) in [5.74, 6) is 1.36. The number of H-pyrrole nitrogens is 1. The van der Waals surface area contributed by atoms with Gasteiger partial charge in [-0.05, 0) is 158 Å². The van der Waals surface area contributed by atoms with Crippen molar-refractivity contribution >= 4 is 133 Å². The fraction of sp³-hybridized carbons (Fsp3) is 0.115. The van der Waals surface area contributed by atoms with Gasteiger partial charge >= 0.3 is 29.0 Å². The van der Waals surface area contributed by atoms with Crippen LogP contribution in [0, 0.1) is 6.07 Å². The van der Waals surface area contributed by atoms with Gasteiger partial charge in [-0.25, -0.2) is 0 Å². The summed E-state index contributed by atoms with van der Waals surface area (Å²) in [6, 6.07) is 67.0. The van der Waals surface area contributed by atoms with E-state index in [0.717, 1.165) is 92.0 Å². The molecule has 23 rings (SSSR count). The number of carbonyl (C=O) groups excluding carboxylic acids is 1. The first-order valence-electron chi connectivity index (χ1n) is 30.1. The van der Waals surface area contributed by atoms with Gasteiger partial charge in [-0.3, -0.25) is 9.78 Å². The summed E-state index contributed by atoms with van der Waals surface area (Å²) < 4.78 is 5.21. The number of hydrogen-bond donors (Lipinski definition) is 0. The second-order valence-electron chi connectivity index (χ2n) is 25.2. The van der Waals surface area contributed by atoms with Crippen LogP contribution in [-0.2, 0) is 38.6 Å². The zero-order valence-electron chi connectivity index (χ0n) is 47.1. The maximum atomic E-state index is 12.7. The van der Waals surface area contributed by atoms with Crippen molar-refractivity contribution in [3.63, 3.8) is 0 Å². The summed E-state index contributed by atoms with van der Waals surface area (Å²) in [6.45, 7) is 0. The molecule has 9 aliphatic rings. The summed E-state index contributed by atoms with van der Waals surface area (Å²) in [5, 5.41) is 18.9. The van der Waals surface area contributed by atoms with Crippen molar-refractivity contribution in [1.82, 2.24) is 24.9 Å². The third-order valence-electron chi connectivity index (χ3n) is 21.8. The summed E-state index contributed by atoms with van der Waals surface area (Å²) >= 11 is 0. The maximum Gasteiger partial charge on any atom is 2.00 e. The largest absolute Gasteiger partial charge is 2.00 e. The van der Waals surface area contributed by atoms with Gasteiger partial charge in [0.25, 0.3) is 5.82 Å². The van der Waals surface area contributed by atoms with Gasteiger partial charge in [-0.1, -0.05) is 157 Å². The number of hydrogen-bond acceptors (Lipinski definition) is 6. The maximum absolute atomic E-state index is 12.7. The second kappa shape index (κ2) is 15.8. The van der Waals surface area contributed by atoms with E-state index in [0.29, 0.717) is 29.2 Å². The van der Waals surface area contributed by atoms with Crippen molar-refractivity contribution in [2.24, 2.45) is 0 Å². The molecule has 0 saturated heterocycles. The Bertz CT molecular complexity index is 5660. The van der Waals surface area contributed by atoms with Gasteiger partial charge in [0.2, 0.25) is 0 Å². The van der Waals surface area contributed by atoms with Crippen LogP contribution in [0.2, 0.25) is 0 Å². The summed E-state index contributed by atoms with van der Waals surface area (Å²) in [5.41, 5.74) is 24.8. The third kappa shape index (κ3) is 5.19. The van der Waals surface area contributed by atoms with Crippen molar-refractivity contribution in [3.05, 3.63) is 232 Å². The molecule has 1 saturated carbocycles. The molecule has 2 spiro atoms. The van der Waals surface area contributed by atoms with Crippen LogP contribution in [0.1, 0.15) is 63.8 Å². The Morgan fingerprint density at radius 2 is 1.14 bits per heavy atom. The number of carbonyl (C=O) groups is 1. The van der Waals surface area contributed by atoms with E-state index in [-0.39, 0.29) is 45.3 Å². The molecule has 400 valence electrons. The van der Waals surface area contributed by atoms with Crippen molar-refractivity contribution in [1.29, 1.82) is 0 Å².